The van der Waals surface area contributed by atoms with Crippen LogP contribution in [-0.4, -0.2) is 29.7 Å². The summed E-state index contributed by atoms with van der Waals surface area (Å²) >= 11 is 13.4. The lowest BCUT2D eigenvalue weighted by atomic mass is 10.1. The van der Waals surface area contributed by atoms with Crippen molar-refractivity contribution >= 4 is 57.0 Å². The number of benzene rings is 1. The number of halogens is 3. The molecule has 0 N–H and O–H groups in total. The number of nitrogens with zero attached hydrogens (tertiary/aromatic N) is 1. The van der Waals surface area contributed by atoms with Gasteiger partial charge in [-0.1, -0.05) is 18.2 Å². The molecule has 0 saturated heterocycles. The summed E-state index contributed by atoms with van der Waals surface area (Å²) in [5.41, 5.74) is 1.38. The van der Waals surface area contributed by atoms with Gasteiger partial charge in [0.15, 0.2) is 0 Å². The Morgan fingerprint density at radius 3 is 2.39 bits per heavy atom. The van der Waals surface area contributed by atoms with Crippen LogP contribution in [0.25, 0.3) is 10.1 Å². The molecule has 2 rings (SSSR count). The van der Waals surface area contributed by atoms with Crippen molar-refractivity contribution in [2.24, 2.45) is 0 Å². The van der Waals surface area contributed by atoms with Gasteiger partial charge in [0.25, 0.3) is 0 Å². The third kappa shape index (κ3) is 4.01. The van der Waals surface area contributed by atoms with E-state index in [1.54, 1.807) is 11.3 Å². The molecule has 0 radical (unpaired) electrons. The van der Waals surface area contributed by atoms with Crippen LogP contribution in [0.15, 0.2) is 29.6 Å². The Labute approximate surface area is 128 Å². The summed E-state index contributed by atoms with van der Waals surface area (Å²) in [6.45, 7) is 2.71. The summed E-state index contributed by atoms with van der Waals surface area (Å²) in [4.78, 5) is 2.30. The molecule has 0 bridgehead atoms. The monoisotopic (exact) mass is 323 g/mol. The average Bonchev–Trinajstić information content (AvgIpc) is 2.74. The highest BCUT2D eigenvalue weighted by Gasteiger charge is 2.08. The maximum Gasteiger partial charge on any atom is 0.0351 e. The zero-order valence-corrected chi connectivity index (χ0v) is 13.1. The van der Waals surface area contributed by atoms with E-state index in [1.807, 2.05) is 0 Å². The van der Waals surface area contributed by atoms with E-state index in [4.69, 9.17) is 23.2 Å². The van der Waals surface area contributed by atoms with Gasteiger partial charge in [0.2, 0.25) is 0 Å². The Morgan fingerprint density at radius 1 is 1.06 bits per heavy atom. The standard InChI is InChI=1S/C13H15Cl2NS.ClH/c14-5-7-16(8-6-15)9-11-10-17-13-4-2-1-3-12(11)13;/h1-4,10H,5-9H2;1H. The van der Waals surface area contributed by atoms with E-state index in [-0.39, 0.29) is 12.4 Å². The van der Waals surface area contributed by atoms with E-state index in [2.05, 4.69) is 34.5 Å². The second-order valence-electron chi connectivity index (χ2n) is 3.91. The van der Waals surface area contributed by atoms with Gasteiger partial charge in [-0.25, -0.2) is 0 Å². The van der Waals surface area contributed by atoms with Crippen LogP contribution >= 0.6 is 46.9 Å². The van der Waals surface area contributed by atoms with Crippen molar-refractivity contribution < 1.29 is 0 Å². The molecule has 1 aromatic heterocycles. The first kappa shape index (κ1) is 16.1. The third-order valence-corrected chi connectivity index (χ3v) is 4.11. The molecule has 0 aliphatic heterocycles. The van der Waals surface area contributed by atoms with E-state index in [0.717, 1.165) is 19.6 Å². The summed E-state index contributed by atoms with van der Waals surface area (Å²) in [6, 6.07) is 8.52. The molecule has 18 heavy (non-hydrogen) atoms. The minimum absolute atomic E-state index is 0. The van der Waals surface area contributed by atoms with Crippen LogP contribution in [0, 0.1) is 0 Å². The lowest BCUT2D eigenvalue weighted by Gasteiger charge is -2.19. The molecule has 0 fully saturated rings. The lowest BCUT2D eigenvalue weighted by molar-refractivity contribution is 0.301. The van der Waals surface area contributed by atoms with Crippen LogP contribution in [0.1, 0.15) is 5.56 Å². The van der Waals surface area contributed by atoms with Crippen LogP contribution in [0.5, 0.6) is 0 Å². The summed E-state index contributed by atoms with van der Waals surface area (Å²) in [5, 5.41) is 3.59. The highest BCUT2D eigenvalue weighted by Crippen LogP contribution is 2.26. The molecule has 0 aliphatic carbocycles. The fourth-order valence-corrected chi connectivity index (χ4v) is 3.34. The fourth-order valence-electron chi connectivity index (χ4n) is 1.91. The smallest absolute Gasteiger partial charge is 0.0351 e. The van der Waals surface area contributed by atoms with Crippen molar-refractivity contribution in [3.8, 4) is 0 Å². The van der Waals surface area contributed by atoms with E-state index in [1.165, 1.54) is 15.6 Å². The van der Waals surface area contributed by atoms with E-state index in [0.29, 0.717) is 11.8 Å². The lowest BCUT2D eigenvalue weighted by Crippen LogP contribution is -2.27. The Hall–Kier alpha value is 0.01000. The molecule has 0 atom stereocenters. The molecule has 5 heteroatoms. The average molecular weight is 325 g/mol. The Balaban J connectivity index is 0.00000162. The highest BCUT2D eigenvalue weighted by molar-refractivity contribution is 7.17. The summed E-state index contributed by atoms with van der Waals surface area (Å²) in [5.74, 6) is 1.30. The maximum absolute atomic E-state index is 5.81. The zero-order valence-electron chi connectivity index (χ0n) is 9.94. The van der Waals surface area contributed by atoms with Gasteiger partial charge in [-0.15, -0.1) is 46.9 Å². The molecule has 1 aromatic carbocycles. The van der Waals surface area contributed by atoms with E-state index in [9.17, 15) is 0 Å². The van der Waals surface area contributed by atoms with E-state index >= 15 is 0 Å². The summed E-state index contributed by atoms with van der Waals surface area (Å²) in [7, 11) is 0. The van der Waals surface area contributed by atoms with Crippen molar-refractivity contribution in [1.82, 2.24) is 4.90 Å². The normalized spacial score (nSPS) is 10.8. The second-order valence-corrected chi connectivity index (χ2v) is 5.58. The number of thiophene rings is 1. The maximum atomic E-state index is 5.81. The summed E-state index contributed by atoms with van der Waals surface area (Å²) < 4.78 is 1.35. The molecule has 0 spiro atoms. The molecular formula is C13H16Cl3NS. The highest BCUT2D eigenvalue weighted by atomic mass is 35.5. The van der Waals surface area contributed by atoms with Crippen molar-refractivity contribution in [3.05, 3.63) is 35.2 Å². The molecule has 0 saturated carbocycles. The van der Waals surface area contributed by atoms with Crippen LogP contribution in [0.4, 0.5) is 0 Å². The van der Waals surface area contributed by atoms with Gasteiger partial charge in [-0.2, -0.15) is 0 Å². The number of rotatable bonds is 6. The number of fused-ring (bicyclic) bond motifs is 1. The second kappa shape index (κ2) is 8.23. The van der Waals surface area contributed by atoms with Crippen molar-refractivity contribution in [1.29, 1.82) is 0 Å². The molecule has 1 heterocycles. The number of hydrogen-bond donors (Lipinski definition) is 0. The molecule has 0 unspecified atom stereocenters. The third-order valence-electron chi connectivity index (χ3n) is 2.76. The predicted molar refractivity (Wildman–Crippen MR) is 85.8 cm³/mol. The first-order valence-electron chi connectivity index (χ1n) is 5.64. The minimum atomic E-state index is 0. The molecule has 0 aliphatic rings. The minimum Gasteiger partial charge on any atom is -0.297 e. The molecular weight excluding hydrogens is 309 g/mol. The molecule has 2 aromatic rings. The zero-order chi connectivity index (χ0) is 12.1. The van der Waals surface area contributed by atoms with Gasteiger partial charge in [0, 0.05) is 36.1 Å². The van der Waals surface area contributed by atoms with Crippen LogP contribution in [-0.2, 0) is 6.54 Å². The van der Waals surface area contributed by atoms with Gasteiger partial charge in [0.1, 0.15) is 0 Å². The van der Waals surface area contributed by atoms with Gasteiger partial charge in [-0.3, -0.25) is 4.90 Å². The van der Waals surface area contributed by atoms with Gasteiger partial charge in [0.05, 0.1) is 0 Å². The van der Waals surface area contributed by atoms with Crippen molar-refractivity contribution in [2.75, 3.05) is 24.8 Å². The van der Waals surface area contributed by atoms with Crippen LogP contribution < -0.4 is 0 Å². The Morgan fingerprint density at radius 2 is 1.72 bits per heavy atom. The van der Waals surface area contributed by atoms with Crippen LogP contribution in [0.3, 0.4) is 0 Å². The molecule has 1 nitrogen and oxygen atoms in total. The van der Waals surface area contributed by atoms with Gasteiger partial charge in [-0.05, 0) is 22.4 Å². The fraction of sp³-hybridized carbons (Fsp3) is 0.385. The van der Waals surface area contributed by atoms with Crippen molar-refractivity contribution in [3.63, 3.8) is 0 Å². The molecule has 0 amide bonds. The quantitative estimate of drug-likeness (QED) is 0.702. The van der Waals surface area contributed by atoms with Gasteiger partial charge < -0.3 is 0 Å². The first-order chi connectivity index (χ1) is 8.35. The first-order valence-corrected chi connectivity index (χ1v) is 7.59. The number of hydrogen-bond acceptors (Lipinski definition) is 2. The largest absolute Gasteiger partial charge is 0.297 e. The molecule has 100 valence electrons. The SMILES string of the molecule is Cl.ClCCN(CCCl)Cc1csc2ccccc12. The topological polar surface area (TPSA) is 3.24 Å². The number of alkyl halides is 2. The Kier molecular flexibility index (Phi) is 7.35. The Bertz CT molecular complexity index is 466. The van der Waals surface area contributed by atoms with Gasteiger partial charge >= 0.3 is 0 Å². The summed E-state index contributed by atoms with van der Waals surface area (Å²) in [6.07, 6.45) is 0. The predicted octanol–water partition coefficient (Wildman–Crippen LogP) is 4.60. The van der Waals surface area contributed by atoms with Crippen molar-refractivity contribution in [2.45, 2.75) is 6.54 Å². The van der Waals surface area contributed by atoms with Crippen LogP contribution in [0.2, 0.25) is 0 Å². The van der Waals surface area contributed by atoms with E-state index < -0.39 is 0 Å².